The Bertz CT molecular complexity index is 1630. The lowest BCUT2D eigenvalue weighted by atomic mass is 9.96. The zero-order chi connectivity index (χ0) is 25.2. The van der Waals surface area contributed by atoms with Gasteiger partial charge in [-0.3, -0.25) is 4.79 Å². The molecule has 1 aliphatic heterocycles. The second-order valence-corrected chi connectivity index (χ2v) is 9.85. The van der Waals surface area contributed by atoms with Crippen molar-refractivity contribution in [2.45, 2.75) is 19.8 Å². The monoisotopic (exact) mass is 553 g/mol. The lowest BCUT2D eigenvalue weighted by Gasteiger charge is -2.21. The molecule has 0 amide bonds. The largest absolute Gasteiger partial charge is 0.454 e. The molecule has 6 rings (SSSR count). The van der Waals surface area contributed by atoms with Crippen molar-refractivity contribution in [3.8, 4) is 22.6 Å². The van der Waals surface area contributed by atoms with Crippen LogP contribution in [0, 0.1) is 0 Å². The third kappa shape index (κ3) is 4.78. The first-order valence-electron chi connectivity index (χ1n) is 12.1. The summed E-state index contributed by atoms with van der Waals surface area (Å²) < 4.78 is 20.1. The molecule has 1 aliphatic rings. The van der Waals surface area contributed by atoms with Gasteiger partial charge >= 0.3 is 0 Å². The normalized spacial score (nSPS) is 12.2. The van der Waals surface area contributed by atoms with Gasteiger partial charge in [-0.2, -0.15) is 0 Å². The first-order valence-corrected chi connectivity index (χ1v) is 12.9. The summed E-state index contributed by atoms with van der Waals surface area (Å²) in [4.78, 5) is 14.0. The quantitative estimate of drug-likeness (QED) is 0.219. The molecule has 0 spiro atoms. The van der Waals surface area contributed by atoms with Crippen LogP contribution < -0.4 is 15.0 Å². The van der Waals surface area contributed by atoms with Crippen molar-refractivity contribution in [2.75, 3.05) is 6.79 Å². The number of pyridine rings is 1. The van der Waals surface area contributed by atoms with E-state index in [9.17, 15) is 4.79 Å². The van der Waals surface area contributed by atoms with Crippen molar-refractivity contribution in [3.05, 3.63) is 129 Å². The highest BCUT2D eigenvalue weighted by Gasteiger charge is 2.20. The summed E-state index contributed by atoms with van der Waals surface area (Å²) in [7, 11) is 0. The number of hydrogen-bond acceptors (Lipinski definition) is 4. The summed E-state index contributed by atoms with van der Waals surface area (Å²) in [5, 5.41) is 1.56. The van der Waals surface area contributed by atoms with Crippen LogP contribution in [0.3, 0.4) is 0 Å². The summed E-state index contributed by atoms with van der Waals surface area (Å²) in [6, 6.07) is 31.9. The molecule has 0 saturated heterocycles. The first kappa shape index (κ1) is 23.5. The number of rotatable bonds is 7. The molecule has 37 heavy (non-hydrogen) atoms. The second-order valence-electron chi connectivity index (χ2n) is 8.93. The molecule has 6 heteroatoms. The maximum absolute atomic E-state index is 14.0. The summed E-state index contributed by atoms with van der Waals surface area (Å²) in [6.07, 6.45) is 0. The maximum atomic E-state index is 14.0. The Balaban J connectivity index is 1.52. The number of halogens is 1. The molecule has 2 heterocycles. The molecule has 5 aromatic rings. The van der Waals surface area contributed by atoms with E-state index >= 15 is 0 Å². The van der Waals surface area contributed by atoms with Crippen LogP contribution in [-0.2, 0) is 24.5 Å². The molecule has 1 aromatic heterocycles. The fourth-order valence-corrected chi connectivity index (χ4v) is 5.14. The Labute approximate surface area is 223 Å². The van der Waals surface area contributed by atoms with E-state index in [-0.39, 0.29) is 19.0 Å². The van der Waals surface area contributed by atoms with E-state index in [4.69, 9.17) is 14.2 Å². The van der Waals surface area contributed by atoms with Crippen LogP contribution >= 0.6 is 15.9 Å². The molecule has 4 aromatic carbocycles. The Morgan fingerprint density at radius 1 is 0.757 bits per heavy atom. The third-order valence-electron chi connectivity index (χ3n) is 6.53. The summed E-state index contributed by atoms with van der Waals surface area (Å²) in [5.41, 5.74) is 4.82. The van der Waals surface area contributed by atoms with E-state index in [1.807, 2.05) is 89.5 Å². The number of hydrogen-bond donors (Lipinski definition) is 0. The highest BCUT2D eigenvalue weighted by Crippen LogP contribution is 2.35. The Morgan fingerprint density at radius 2 is 1.51 bits per heavy atom. The van der Waals surface area contributed by atoms with Crippen LogP contribution in [0.1, 0.15) is 16.8 Å². The smallest absolute Gasteiger partial charge is 0.259 e. The molecule has 0 atom stereocenters. The molecule has 0 unspecified atom stereocenters. The minimum atomic E-state index is -0.0573. The predicted octanol–water partition coefficient (Wildman–Crippen LogP) is 6.92. The second kappa shape index (κ2) is 10.2. The van der Waals surface area contributed by atoms with E-state index in [0.29, 0.717) is 24.3 Å². The lowest BCUT2D eigenvalue weighted by Crippen LogP contribution is -2.26. The van der Waals surface area contributed by atoms with Crippen LogP contribution in [-0.4, -0.2) is 11.4 Å². The number of fused-ring (bicyclic) bond motifs is 2. The van der Waals surface area contributed by atoms with E-state index in [1.165, 1.54) is 0 Å². The topological polar surface area (TPSA) is 49.7 Å². The highest BCUT2D eigenvalue weighted by atomic mass is 79.9. The van der Waals surface area contributed by atoms with Crippen LogP contribution in [0.15, 0.2) is 106 Å². The average molecular weight is 554 g/mol. The zero-order valence-corrected chi connectivity index (χ0v) is 21.6. The van der Waals surface area contributed by atoms with Crippen LogP contribution in [0.25, 0.3) is 21.9 Å². The number of benzene rings is 4. The van der Waals surface area contributed by atoms with Gasteiger partial charge in [0.1, 0.15) is 0 Å². The molecule has 0 saturated carbocycles. The SMILES string of the molecule is O=c1c2ccc(Br)cc2c(-c2ccccc2)c(COCc2ccccc2)n1Cc1ccc2c(c1)OCO2. The zero-order valence-electron chi connectivity index (χ0n) is 20.0. The fourth-order valence-electron chi connectivity index (χ4n) is 4.77. The Kier molecular flexibility index (Phi) is 6.51. The van der Waals surface area contributed by atoms with Gasteiger partial charge in [0.15, 0.2) is 11.5 Å². The standard InChI is InChI=1S/C31H24BrNO4/c32-24-12-13-25-26(16-24)30(23-9-5-2-6-10-23)27(19-35-18-21-7-3-1-4-8-21)33(31(25)34)17-22-11-14-28-29(15-22)37-20-36-28/h1-16H,17-20H2. The van der Waals surface area contributed by atoms with Crippen LogP contribution in [0.2, 0.25) is 0 Å². The summed E-state index contributed by atoms with van der Waals surface area (Å²) in [5.74, 6) is 1.41. The molecule has 184 valence electrons. The molecule has 0 bridgehead atoms. The molecule has 5 nitrogen and oxygen atoms in total. The van der Waals surface area contributed by atoms with E-state index in [0.717, 1.165) is 43.6 Å². The first-order chi connectivity index (χ1) is 18.2. The summed E-state index contributed by atoms with van der Waals surface area (Å²) in [6.45, 7) is 1.32. The number of ether oxygens (including phenoxy) is 3. The van der Waals surface area contributed by atoms with Gasteiger partial charge in [-0.15, -0.1) is 0 Å². The van der Waals surface area contributed by atoms with E-state index < -0.39 is 0 Å². The van der Waals surface area contributed by atoms with Gasteiger partial charge in [0.05, 0.1) is 25.5 Å². The lowest BCUT2D eigenvalue weighted by molar-refractivity contribution is 0.102. The van der Waals surface area contributed by atoms with Crippen molar-refractivity contribution in [2.24, 2.45) is 0 Å². The van der Waals surface area contributed by atoms with Crippen molar-refractivity contribution >= 4 is 26.7 Å². The number of aromatic nitrogens is 1. The molecule has 0 fully saturated rings. The predicted molar refractivity (Wildman–Crippen MR) is 148 cm³/mol. The Morgan fingerprint density at radius 3 is 2.32 bits per heavy atom. The third-order valence-corrected chi connectivity index (χ3v) is 7.02. The molecular formula is C31H24BrNO4. The van der Waals surface area contributed by atoms with Gasteiger partial charge in [-0.25, -0.2) is 0 Å². The van der Waals surface area contributed by atoms with Gasteiger partial charge in [0.2, 0.25) is 6.79 Å². The van der Waals surface area contributed by atoms with Crippen molar-refractivity contribution < 1.29 is 14.2 Å². The number of nitrogens with zero attached hydrogens (tertiary/aromatic N) is 1. The van der Waals surface area contributed by atoms with Gasteiger partial charge in [0.25, 0.3) is 5.56 Å². The summed E-state index contributed by atoms with van der Waals surface area (Å²) >= 11 is 3.61. The van der Waals surface area contributed by atoms with Gasteiger partial charge in [-0.05, 0) is 52.4 Å². The minimum Gasteiger partial charge on any atom is -0.454 e. The van der Waals surface area contributed by atoms with Gasteiger partial charge in [0, 0.05) is 15.4 Å². The molecular weight excluding hydrogens is 530 g/mol. The van der Waals surface area contributed by atoms with Crippen molar-refractivity contribution in [1.82, 2.24) is 4.57 Å². The van der Waals surface area contributed by atoms with E-state index in [1.54, 1.807) is 0 Å². The molecule has 0 aliphatic carbocycles. The minimum absolute atomic E-state index is 0.0573. The average Bonchev–Trinajstić information content (AvgIpc) is 3.40. The molecule has 0 N–H and O–H groups in total. The van der Waals surface area contributed by atoms with Gasteiger partial charge in [-0.1, -0.05) is 82.7 Å². The molecule has 0 radical (unpaired) electrons. The van der Waals surface area contributed by atoms with E-state index in [2.05, 4.69) is 28.1 Å². The highest BCUT2D eigenvalue weighted by molar-refractivity contribution is 9.10. The van der Waals surface area contributed by atoms with Crippen LogP contribution in [0.4, 0.5) is 0 Å². The fraction of sp³-hybridized carbons (Fsp3) is 0.129. The Hall–Kier alpha value is -3.87. The van der Waals surface area contributed by atoms with Crippen molar-refractivity contribution in [1.29, 1.82) is 0 Å². The van der Waals surface area contributed by atoms with Gasteiger partial charge < -0.3 is 18.8 Å². The maximum Gasteiger partial charge on any atom is 0.259 e. The van der Waals surface area contributed by atoms with Crippen LogP contribution in [0.5, 0.6) is 11.5 Å². The van der Waals surface area contributed by atoms with Crippen molar-refractivity contribution in [3.63, 3.8) is 0 Å².